The maximum absolute atomic E-state index is 12.6. The lowest BCUT2D eigenvalue weighted by Crippen LogP contribution is -2.06. The van der Waals surface area contributed by atoms with Gasteiger partial charge in [-0.1, -0.05) is 11.6 Å². The molecule has 2 aromatic rings. The van der Waals surface area contributed by atoms with Gasteiger partial charge in [-0.3, -0.25) is 4.79 Å². The van der Waals surface area contributed by atoms with Crippen LogP contribution in [0.15, 0.2) is 23.0 Å². The highest BCUT2D eigenvalue weighted by atomic mass is 35.5. The molecule has 1 N–H and O–H groups in total. The molecule has 2 aromatic heterocycles. The highest BCUT2D eigenvalue weighted by Gasteiger charge is 2.01. The van der Waals surface area contributed by atoms with Crippen LogP contribution >= 0.6 is 11.6 Å². The van der Waals surface area contributed by atoms with Gasteiger partial charge in [0.1, 0.15) is 10.7 Å². The monoisotopic (exact) mass is 198 g/mol. The molecule has 66 valence electrons. The predicted octanol–water partition coefficient (Wildman–Crippen LogP) is 1.72. The molecule has 2 rings (SSSR count). The van der Waals surface area contributed by atoms with Gasteiger partial charge in [-0.15, -0.1) is 0 Å². The predicted molar refractivity (Wildman–Crippen MR) is 47.3 cm³/mol. The van der Waals surface area contributed by atoms with Crippen molar-refractivity contribution in [2.45, 2.75) is 0 Å². The molecule has 0 radical (unpaired) electrons. The van der Waals surface area contributed by atoms with Crippen molar-refractivity contribution in [3.05, 3.63) is 39.5 Å². The molecule has 0 aliphatic carbocycles. The first-order valence-corrected chi connectivity index (χ1v) is 3.90. The average molecular weight is 199 g/mol. The van der Waals surface area contributed by atoms with E-state index in [1.54, 1.807) is 0 Å². The van der Waals surface area contributed by atoms with E-state index in [1.165, 1.54) is 18.2 Å². The summed E-state index contributed by atoms with van der Waals surface area (Å²) in [5.41, 5.74) is -0.262. The smallest absolute Gasteiger partial charge is 0.268 e. The Balaban J connectivity index is 2.89. The van der Waals surface area contributed by atoms with Crippen LogP contribution in [0.1, 0.15) is 0 Å². The first-order valence-electron chi connectivity index (χ1n) is 3.52. The van der Waals surface area contributed by atoms with Crippen LogP contribution in [-0.2, 0) is 0 Å². The van der Waals surface area contributed by atoms with E-state index in [-0.39, 0.29) is 10.7 Å². The largest absolute Gasteiger partial charge is 0.305 e. The van der Waals surface area contributed by atoms with Crippen molar-refractivity contribution in [1.82, 2.24) is 9.97 Å². The summed E-state index contributed by atoms with van der Waals surface area (Å²) < 4.78 is 12.6. The molecule has 13 heavy (non-hydrogen) atoms. The summed E-state index contributed by atoms with van der Waals surface area (Å²) in [5.74, 6) is -0.634. The number of nitrogens with one attached hydrogen (secondary N) is 1. The molecule has 0 aromatic carbocycles. The molecule has 0 atom stereocenters. The Morgan fingerprint density at radius 1 is 1.46 bits per heavy atom. The highest BCUT2D eigenvalue weighted by Crippen LogP contribution is 2.11. The normalized spacial score (nSPS) is 10.6. The lowest BCUT2D eigenvalue weighted by Gasteiger charge is -1.96. The summed E-state index contributed by atoms with van der Waals surface area (Å²) in [6.07, 6.45) is 0. The van der Waals surface area contributed by atoms with Crippen molar-refractivity contribution in [2.24, 2.45) is 0 Å². The molecule has 3 nitrogen and oxygen atoms in total. The Bertz CT molecular complexity index is 523. The number of H-pyrrole nitrogens is 1. The number of nitrogens with zero attached hydrogens (tertiary/aromatic N) is 1. The second-order valence-corrected chi connectivity index (χ2v) is 2.93. The van der Waals surface area contributed by atoms with Crippen LogP contribution in [0.3, 0.4) is 0 Å². The SMILES string of the molecule is O=c1[nH]c2nc(F)ccc2cc1Cl. The minimum atomic E-state index is -0.634. The molecule has 0 bridgehead atoms. The van der Waals surface area contributed by atoms with E-state index in [9.17, 15) is 9.18 Å². The number of fused-ring (bicyclic) bond motifs is 1. The van der Waals surface area contributed by atoms with E-state index < -0.39 is 11.5 Å². The lowest BCUT2D eigenvalue weighted by atomic mass is 10.3. The van der Waals surface area contributed by atoms with Gasteiger partial charge in [-0.25, -0.2) is 4.98 Å². The van der Waals surface area contributed by atoms with Crippen LogP contribution in [0, 0.1) is 5.95 Å². The van der Waals surface area contributed by atoms with Crippen LogP contribution in [0.4, 0.5) is 4.39 Å². The van der Waals surface area contributed by atoms with Crippen molar-refractivity contribution in [3.63, 3.8) is 0 Å². The van der Waals surface area contributed by atoms with E-state index in [1.807, 2.05) is 0 Å². The molecule has 2 heterocycles. The lowest BCUT2D eigenvalue weighted by molar-refractivity contribution is 0.588. The topological polar surface area (TPSA) is 45.8 Å². The molecule has 5 heteroatoms. The zero-order chi connectivity index (χ0) is 9.42. The van der Waals surface area contributed by atoms with E-state index in [2.05, 4.69) is 9.97 Å². The first-order chi connectivity index (χ1) is 6.16. The summed E-state index contributed by atoms with van der Waals surface area (Å²) in [6.45, 7) is 0. The molecule has 0 saturated carbocycles. The van der Waals surface area contributed by atoms with E-state index in [4.69, 9.17) is 11.6 Å². The van der Waals surface area contributed by atoms with Gasteiger partial charge in [0.15, 0.2) is 0 Å². The Morgan fingerprint density at radius 3 is 3.00 bits per heavy atom. The third kappa shape index (κ3) is 1.40. The Labute approximate surface area is 77.2 Å². The van der Waals surface area contributed by atoms with Gasteiger partial charge in [0.05, 0.1) is 0 Å². The maximum atomic E-state index is 12.6. The standard InChI is InChI=1S/C8H4ClFN2O/c9-5-3-4-1-2-6(10)11-7(4)12-8(5)13/h1-3H,(H,11,12,13). The molecule has 0 spiro atoms. The summed E-state index contributed by atoms with van der Waals surface area (Å²) in [7, 11) is 0. The maximum Gasteiger partial charge on any atom is 0.268 e. The molecule has 0 aliphatic heterocycles. The van der Waals surface area contributed by atoms with Crippen molar-refractivity contribution in [3.8, 4) is 0 Å². The van der Waals surface area contributed by atoms with Crippen molar-refractivity contribution in [1.29, 1.82) is 0 Å². The van der Waals surface area contributed by atoms with Crippen molar-refractivity contribution in [2.75, 3.05) is 0 Å². The third-order valence-electron chi connectivity index (χ3n) is 1.62. The van der Waals surface area contributed by atoms with Gasteiger partial charge in [0, 0.05) is 5.39 Å². The molecule has 0 aliphatic rings. The highest BCUT2D eigenvalue weighted by molar-refractivity contribution is 6.30. The summed E-state index contributed by atoms with van der Waals surface area (Å²) in [6, 6.07) is 4.15. The summed E-state index contributed by atoms with van der Waals surface area (Å²) >= 11 is 5.56. The Morgan fingerprint density at radius 2 is 2.23 bits per heavy atom. The molecular weight excluding hydrogens is 195 g/mol. The minimum absolute atomic E-state index is 0.0703. The quantitative estimate of drug-likeness (QED) is 0.655. The van der Waals surface area contributed by atoms with Crippen LogP contribution in [0.5, 0.6) is 0 Å². The molecule has 0 amide bonds. The Hall–Kier alpha value is -1.42. The third-order valence-corrected chi connectivity index (χ3v) is 1.90. The molecular formula is C8H4ClFN2O. The van der Waals surface area contributed by atoms with Gasteiger partial charge >= 0.3 is 0 Å². The number of pyridine rings is 2. The molecule has 0 fully saturated rings. The van der Waals surface area contributed by atoms with Gasteiger partial charge in [0.2, 0.25) is 5.95 Å². The van der Waals surface area contributed by atoms with E-state index in [0.29, 0.717) is 5.39 Å². The zero-order valence-electron chi connectivity index (χ0n) is 6.34. The van der Waals surface area contributed by atoms with Crippen molar-refractivity contribution >= 4 is 22.6 Å². The second kappa shape index (κ2) is 2.81. The molecule has 0 unspecified atom stereocenters. The van der Waals surface area contributed by atoms with Crippen molar-refractivity contribution < 1.29 is 4.39 Å². The number of halogens is 2. The van der Waals surface area contributed by atoms with Gasteiger partial charge < -0.3 is 4.98 Å². The zero-order valence-corrected chi connectivity index (χ0v) is 7.10. The van der Waals surface area contributed by atoms with Gasteiger partial charge in [0.25, 0.3) is 5.56 Å². The minimum Gasteiger partial charge on any atom is -0.305 e. The fraction of sp³-hybridized carbons (Fsp3) is 0. The van der Waals surface area contributed by atoms with Crippen LogP contribution in [0.25, 0.3) is 11.0 Å². The van der Waals surface area contributed by atoms with Crippen LogP contribution in [0.2, 0.25) is 5.02 Å². The second-order valence-electron chi connectivity index (χ2n) is 2.52. The van der Waals surface area contributed by atoms with Crippen LogP contribution < -0.4 is 5.56 Å². The average Bonchev–Trinajstić information content (AvgIpc) is 2.08. The number of rotatable bonds is 0. The Kier molecular flexibility index (Phi) is 1.77. The summed E-state index contributed by atoms with van der Waals surface area (Å²) in [4.78, 5) is 16.9. The number of aromatic amines is 1. The van der Waals surface area contributed by atoms with Gasteiger partial charge in [-0.2, -0.15) is 4.39 Å². The molecule has 0 saturated heterocycles. The van der Waals surface area contributed by atoms with Gasteiger partial charge in [-0.05, 0) is 18.2 Å². The number of hydrogen-bond donors (Lipinski definition) is 1. The van der Waals surface area contributed by atoms with E-state index >= 15 is 0 Å². The van der Waals surface area contributed by atoms with Crippen LogP contribution in [-0.4, -0.2) is 9.97 Å². The first kappa shape index (κ1) is 8.19. The fourth-order valence-electron chi connectivity index (χ4n) is 1.03. The number of aromatic nitrogens is 2. The fourth-order valence-corrected chi connectivity index (χ4v) is 1.20. The summed E-state index contributed by atoms with van der Waals surface area (Å²) in [5, 5.41) is 0.673. The number of hydrogen-bond acceptors (Lipinski definition) is 2. The van der Waals surface area contributed by atoms with E-state index in [0.717, 1.165) is 0 Å².